The number of aromatic nitrogens is 1. The number of hydrogen-bond donors (Lipinski definition) is 1. The Morgan fingerprint density at radius 1 is 1.24 bits per heavy atom. The number of carbonyl (C=O) groups excluding carboxylic acids is 3. The molecule has 0 spiro atoms. The van der Waals surface area contributed by atoms with Gasteiger partial charge in [-0.1, -0.05) is 18.2 Å². The van der Waals surface area contributed by atoms with Crippen LogP contribution in [-0.4, -0.2) is 40.8 Å². The van der Waals surface area contributed by atoms with E-state index in [0.717, 1.165) is 16.3 Å². The molecule has 29 heavy (non-hydrogen) atoms. The molecule has 1 atom stereocenters. The number of amides is 3. The number of hydrogen-bond acceptors (Lipinski definition) is 4. The standard InChI is InChI=1S/C22H25N3O4/c1-6-11-24-14(2)12-18(15(24)3)19(26)13-25-20(27)22(4,23-21(25)28)16-7-9-17(29-5)10-8-16/h6-10,12H,1,11,13H2,2-5H3,(H,23,28). The Kier molecular flexibility index (Phi) is 5.33. The summed E-state index contributed by atoms with van der Waals surface area (Å²) in [5.41, 5.74) is 1.60. The summed E-state index contributed by atoms with van der Waals surface area (Å²) in [6.45, 7) is 9.39. The number of urea groups is 1. The summed E-state index contributed by atoms with van der Waals surface area (Å²) in [7, 11) is 1.55. The first-order chi connectivity index (χ1) is 13.7. The van der Waals surface area contributed by atoms with Gasteiger partial charge in [-0.3, -0.25) is 14.5 Å². The van der Waals surface area contributed by atoms with Crippen LogP contribution < -0.4 is 10.1 Å². The number of aryl methyl sites for hydroxylation is 1. The zero-order valence-corrected chi connectivity index (χ0v) is 17.1. The molecule has 7 heteroatoms. The lowest BCUT2D eigenvalue weighted by Crippen LogP contribution is -2.41. The van der Waals surface area contributed by atoms with E-state index in [0.29, 0.717) is 23.4 Å². The molecule has 1 aromatic carbocycles. The maximum absolute atomic E-state index is 13.1. The molecular formula is C22H25N3O4. The average Bonchev–Trinajstić information content (AvgIpc) is 3.11. The highest BCUT2D eigenvalue weighted by atomic mass is 16.5. The van der Waals surface area contributed by atoms with Crippen molar-refractivity contribution >= 4 is 17.7 Å². The number of carbonyl (C=O) groups is 3. The SMILES string of the molecule is C=CCn1c(C)cc(C(=O)CN2C(=O)NC(C)(c3ccc(OC)cc3)C2=O)c1C. The third-order valence-corrected chi connectivity index (χ3v) is 5.43. The van der Waals surface area contributed by atoms with E-state index in [1.807, 2.05) is 18.4 Å². The molecule has 1 N–H and O–H groups in total. The van der Waals surface area contributed by atoms with Crippen molar-refractivity contribution in [2.75, 3.05) is 13.7 Å². The van der Waals surface area contributed by atoms with Gasteiger partial charge in [0.05, 0.1) is 13.7 Å². The van der Waals surface area contributed by atoms with E-state index in [2.05, 4.69) is 11.9 Å². The first kappa shape index (κ1) is 20.4. The summed E-state index contributed by atoms with van der Waals surface area (Å²) < 4.78 is 7.11. The van der Waals surface area contributed by atoms with Crippen molar-refractivity contribution in [1.29, 1.82) is 0 Å². The molecule has 1 unspecified atom stereocenters. The van der Waals surface area contributed by atoms with Gasteiger partial charge in [-0.15, -0.1) is 6.58 Å². The molecule has 1 fully saturated rings. The van der Waals surface area contributed by atoms with Crippen LogP contribution in [0.4, 0.5) is 4.79 Å². The van der Waals surface area contributed by atoms with Crippen molar-refractivity contribution in [3.8, 4) is 5.75 Å². The van der Waals surface area contributed by atoms with Gasteiger partial charge in [-0.25, -0.2) is 4.79 Å². The fourth-order valence-electron chi connectivity index (χ4n) is 3.68. The fraction of sp³-hybridized carbons (Fsp3) is 0.318. The molecular weight excluding hydrogens is 370 g/mol. The van der Waals surface area contributed by atoms with E-state index < -0.39 is 17.5 Å². The Bertz CT molecular complexity index is 990. The number of imide groups is 1. The second-order valence-corrected chi connectivity index (χ2v) is 7.28. The van der Waals surface area contributed by atoms with Gasteiger partial charge in [0.2, 0.25) is 0 Å². The topological polar surface area (TPSA) is 80.6 Å². The predicted molar refractivity (Wildman–Crippen MR) is 109 cm³/mol. The summed E-state index contributed by atoms with van der Waals surface area (Å²) in [5, 5.41) is 2.72. The maximum Gasteiger partial charge on any atom is 0.325 e. The number of allylic oxidation sites excluding steroid dienone is 1. The minimum Gasteiger partial charge on any atom is -0.497 e. The molecule has 1 aromatic heterocycles. The van der Waals surface area contributed by atoms with Crippen molar-refractivity contribution < 1.29 is 19.1 Å². The van der Waals surface area contributed by atoms with E-state index in [-0.39, 0.29) is 12.3 Å². The molecule has 0 saturated carbocycles. The van der Waals surface area contributed by atoms with Crippen LogP contribution in [0.25, 0.3) is 0 Å². The Labute approximate surface area is 169 Å². The molecule has 2 aromatic rings. The minimum absolute atomic E-state index is 0.282. The van der Waals surface area contributed by atoms with Gasteiger partial charge >= 0.3 is 6.03 Å². The lowest BCUT2D eigenvalue weighted by atomic mass is 9.92. The Morgan fingerprint density at radius 3 is 2.48 bits per heavy atom. The summed E-state index contributed by atoms with van der Waals surface area (Å²) in [6.07, 6.45) is 1.76. The molecule has 1 aliphatic heterocycles. The number of rotatable bonds is 7. The molecule has 1 saturated heterocycles. The van der Waals surface area contributed by atoms with Gasteiger partial charge in [0.25, 0.3) is 5.91 Å². The van der Waals surface area contributed by atoms with Gasteiger partial charge in [0.1, 0.15) is 11.3 Å². The van der Waals surface area contributed by atoms with Crippen molar-refractivity contribution in [3.63, 3.8) is 0 Å². The van der Waals surface area contributed by atoms with Crippen LogP contribution in [-0.2, 0) is 16.9 Å². The fourth-order valence-corrected chi connectivity index (χ4v) is 3.68. The molecule has 3 amide bonds. The zero-order chi connectivity index (χ0) is 21.3. The maximum atomic E-state index is 13.1. The lowest BCUT2D eigenvalue weighted by molar-refractivity contribution is -0.130. The van der Waals surface area contributed by atoms with Gasteiger partial charge in [0, 0.05) is 23.5 Å². The summed E-state index contributed by atoms with van der Waals surface area (Å²) in [5.74, 6) is -0.0900. The van der Waals surface area contributed by atoms with Crippen LogP contribution in [0.15, 0.2) is 43.0 Å². The summed E-state index contributed by atoms with van der Waals surface area (Å²) in [6, 6.07) is 8.10. The Hall–Kier alpha value is -3.35. The highest BCUT2D eigenvalue weighted by Crippen LogP contribution is 2.30. The lowest BCUT2D eigenvalue weighted by Gasteiger charge is -2.22. The van der Waals surface area contributed by atoms with E-state index in [1.165, 1.54) is 0 Å². The molecule has 0 aliphatic carbocycles. The zero-order valence-electron chi connectivity index (χ0n) is 17.1. The van der Waals surface area contributed by atoms with E-state index in [9.17, 15) is 14.4 Å². The molecule has 3 rings (SSSR count). The Morgan fingerprint density at radius 2 is 1.90 bits per heavy atom. The molecule has 0 bridgehead atoms. The molecule has 152 valence electrons. The van der Waals surface area contributed by atoms with Crippen LogP contribution in [0.5, 0.6) is 5.75 Å². The van der Waals surface area contributed by atoms with Gasteiger partial charge in [-0.2, -0.15) is 0 Å². The second-order valence-electron chi connectivity index (χ2n) is 7.28. The molecule has 7 nitrogen and oxygen atoms in total. The number of ether oxygens (including phenoxy) is 1. The van der Waals surface area contributed by atoms with Crippen molar-refractivity contribution in [1.82, 2.24) is 14.8 Å². The quantitative estimate of drug-likeness (QED) is 0.444. The molecule has 1 aliphatic rings. The highest BCUT2D eigenvalue weighted by molar-refractivity contribution is 6.11. The first-order valence-electron chi connectivity index (χ1n) is 9.32. The van der Waals surface area contributed by atoms with Crippen LogP contribution in [0, 0.1) is 13.8 Å². The van der Waals surface area contributed by atoms with Crippen LogP contribution in [0.2, 0.25) is 0 Å². The average molecular weight is 395 g/mol. The van der Waals surface area contributed by atoms with E-state index in [4.69, 9.17) is 4.74 Å². The second kappa shape index (κ2) is 7.58. The number of methoxy groups -OCH3 is 1. The van der Waals surface area contributed by atoms with E-state index in [1.54, 1.807) is 50.4 Å². The van der Waals surface area contributed by atoms with Gasteiger partial charge in [0.15, 0.2) is 5.78 Å². The number of Topliss-reactive ketones (excluding diaryl/α,β-unsaturated/α-hetero) is 1. The number of ketones is 1. The van der Waals surface area contributed by atoms with Crippen LogP contribution in [0.1, 0.15) is 34.2 Å². The van der Waals surface area contributed by atoms with Crippen molar-refractivity contribution in [2.45, 2.75) is 32.9 Å². The van der Waals surface area contributed by atoms with Crippen LogP contribution >= 0.6 is 0 Å². The smallest absolute Gasteiger partial charge is 0.325 e. The third kappa shape index (κ3) is 3.44. The van der Waals surface area contributed by atoms with Crippen LogP contribution in [0.3, 0.4) is 0 Å². The van der Waals surface area contributed by atoms with Gasteiger partial charge in [-0.05, 0) is 44.5 Å². The van der Waals surface area contributed by atoms with Crippen molar-refractivity contribution in [3.05, 3.63) is 65.5 Å². The third-order valence-electron chi connectivity index (χ3n) is 5.43. The summed E-state index contributed by atoms with van der Waals surface area (Å²) >= 11 is 0. The minimum atomic E-state index is -1.23. The van der Waals surface area contributed by atoms with Crippen molar-refractivity contribution in [2.24, 2.45) is 0 Å². The molecule has 2 heterocycles. The predicted octanol–water partition coefficient (Wildman–Crippen LogP) is 2.95. The monoisotopic (exact) mass is 395 g/mol. The number of nitrogens with zero attached hydrogens (tertiary/aromatic N) is 2. The highest BCUT2D eigenvalue weighted by Gasteiger charge is 2.49. The normalized spacial score (nSPS) is 18.7. The first-order valence-corrected chi connectivity index (χ1v) is 9.32. The van der Waals surface area contributed by atoms with E-state index >= 15 is 0 Å². The van der Waals surface area contributed by atoms with Gasteiger partial charge < -0.3 is 14.6 Å². The number of nitrogens with one attached hydrogen (secondary N) is 1. The number of benzene rings is 1. The summed E-state index contributed by atoms with van der Waals surface area (Å²) in [4.78, 5) is 39.4. The Balaban J connectivity index is 1.84. The largest absolute Gasteiger partial charge is 0.497 e. The molecule has 0 radical (unpaired) electrons.